The maximum absolute atomic E-state index is 15.8. The number of benzene rings is 1. The van der Waals surface area contributed by atoms with E-state index in [0.717, 1.165) is 34.1 Å². The topological polar surface area (TPSA) is 162 Å². The van der Waals surface area contributed by atoms with E-state index < -0.39 is 53.2 Å². The minimum absolute atomic E-state index is 0.00738. The third kappa shape index (κ3) is 7.42. The molecule has 1 atom stereocenters. The number of halogens is 6. The summed E-state index contributed by atoms with van der Waals surface area (Å²) in [6.07, 6.45) is -0.247. The molecule has 0 saturated heterocycles. The van der Waals surface area contributed by atoms with E-state index in [1.54, 1.807) is 13.1 Å². The number of amides is 2. The molecule has 6 heterocycles. The molecule has 1 aromatic carbocycles. The van der Waals surface area contributed by atoms with Crippen LogP contribution < -0.4 is 10.9 Å². The summed E-state index contributed by atoms with van der Waals surface area (Å²) in [6, 6.07) is 8.04. The molecular formula is C38H33F6N11O3. The Labute approximate surface area is 324 Å². The van der Waals surface area contributed by atoms with Crippen molar-refractivity contribution >= 4 is 22.8 Å². The fourth-order valence-corrected chi connectivity index (χ4v) is 7.11. The number of aromatic nitrogens is 8. The highest BCUT2D eigenvalue weighted by atomic mass is 19.4. The van der Waals surface area contributed by atoms with Gasteiger partial charge in [0.2, 0.25) is 11.5 Å². The van der Waals surface area contributed by atoms with E-state index >= 15 is 4.39 Å². The smallest absolute Gasteiger partial charge is 0.348 e. The van der Waals surface area contributed by atoms with Gasteiger partial charge in [-0.2, -0.15) is 42.5 Å². The second-order valence-corrected chi connectivity index (χ2v) is 14.5. The fraction of sp³-hybridized carbons (Fsp3) is 0.316. The van der Waals surface area contributed by atoms with Crippen LogP contribution in [0.25, 0.3) is 33.5 Å². The van der Waals surface area contributed by atoms with E-state index in [0.29, 0.717) is 21.3 Å². The molecule has 20 heteroatoms. The molecule has 0 radical (unpaired) electrons. The number of nitriles is 1. The van der Waals surface area contributed by atoms with Gasteiger partial charge in [-0.3, -0.25) is 23.7 Å². The largest absolute Gasteiger partial charge is 0.435 e. The molecule has 0 bridgehead atoms. The van der Waals surface area contributed by atoms with E-state index in [1.165, 1.54) is 60.7 Å². The maximum Gasteiger partial charge on any atom is 0.435 e. The van der Waals surface area contributed by atoms with Gasteiger partial charge in [0.05, 0.1) is 52.5 Å². The van der Waals surface area contributed by atoms with E-state index in [1.807, 2.05) is 0 Å². The SMILES string of the molecule is Cn1cc(-c2cc(C(F)(F)F)nn2CC(C)(C)NC(=O)[C@@H](Cc2cnn(C(F)F)c2)N2CCc3c(-c4nc5cnn(C)c5cc4C#N)ccc(F)c3C2=O)ccc1=O. The van der Waals surface area contributed by atoms with Crippen molar-refractivity contribution in [2.45, 2.75) is 57.5 Å². The minimum Gasteiger partial charge on any atom is -0.348 e. The standard InChI is InChI=1S/C38H33F6N11O3/c1-37(2,19-55-27(13-30(50-55)38(42,43)44)21-5-8-31(56)51(3)18-21)49-34(57)29(11-20-15-47-54(17-20)36(40)41)53-10-9-23-24(6-7-25(39)32(23)35(53)58)33-22(14-45)12-28-26(48-33)16-46-52(28)4/h5-8,12-13,15-18,29,36H,9-11,19H2,1-4H3,(H,49,57)/t29-/m1/s1. The molecule has 0 saturated carbocycles. The van der Waals surface area contributed by atoms with Crippen LogP contribution in [0.2, 0.25) is 0 Å². The number of rotatable bonds is 10. The predicted octanol–water partition coefficient (Wildman–Crippen LogP) is 5.02. The first kappa shape index (κ1) is 39.5. The van der Waals surface area contributed by atoms with Crippen LogP contribution in [0.1, 0.15) is 53.1 Å². The van der Waals surface area contributed by atoms with Crippen LogP contribution in [0.4, 0.5) is 26.3 Å². The number of hydrogen-bond acceptors (Lipinski definition) is 8. The van der Waals surface area contributed by atoms with Gasteiger partial charge in [-0.05, 0) is 61.7 Å². The number of aryl methyl sites for hydroxylation is 2. The molecule has 0 spiro atoms. The Balaban J connectivity index is 1.24. The van der Waals surface area contributed by atoms with Gasteiger partial charge in [0.1, 0.15) is 23.4 Å². The van der Waals surface area contributed by atoms with Crippen LogP contribution in [0.15, 0.2) is 66.0 Å². The first-order chi connectivity index (χ1) is 27.3. The monoisotopic (exact) mass is 805 g/mol. The van der Waals surface area contributed by atoms with Gasteiger partial charge in [-0.15, -0.1) is 0 Å². The predicted molar refractivity (Wildman–Crippen MR) is 194 cm³/mol. The lowest BCUT2D eigenvalue weighted by molar-refractivity contribution is -0.141. The quantitative estimate of drug-likeness (QED) is 0.189. The number of hydrogen-bond donors (Lipinski definition) is 1. The number of alkyl halides is 5. The summed E-state index contributed by atoms with van der Waals surface area (Å²) in [6.45, 7) is -0.493. The molecule has 1 aliphatic heterocycles. The van der Waals surface area contributed by atoms with Gasteiger partial charge >= 0.3 is 12.7 Å². The summed E-state index contributed by atoms with van der Waals surface area (Å²) in [5, 5.41) is 24.4. The van der Waals surface area contributed by atoms with E-state index in [2.05, 4.69) is 31.7 Å². The Morgan fingerprint density at radius 3 is 2.47 bits per heavy atom. The highest BCUT2D eigenvalue weighted by Gasteiger charge is 2.40. The molecule has 300 valence electrons. The molecule has 2 amide bonds. The van der Waals surface area contributed by atoms with Crippen molar-refractivity contribution in [1.82, 2.24) is 49.1 Å². The maximum atomic E-state index is 15.8. The van der Waals surface area contributed by atoms with Crippen LogP contribution in [-0.4, -0.2) is 73.7 Å². The van der Waals surface area contributed by atoms with Gasteiger partial charge < -0.3 is 14.8 Å². The van der Waals surface area contributed by atoms with E-state index in [4.69, 9.17) is 0 Å². The lowest BCUT2D eigenvalue weighted by Crippen LogP contribution is -2.58. The average molecular weight is 806 g/mol. The molecule has 7 rings (SSSR count). The van der Waals surface area contributed by atoms with Crippen molar-refractivity contribution < 1.29 is 35.9 Å². The third-order valence-electron chi connectivity index (χ3n) is 9.87. The lowest BCUT2D eigenvalue weighted by atomic mass is 9.89. The van der Waals surface area contributed by atoms with E-state index in [-0.39, 0.29) is 65.1 Å². The number of nitrogens with one attached hydrogen (secondary N) is 1. The normalized spacial score (nSPS) is 13.9. The first-order valence-corrected chi connectivity index (χ1v) is 17.7. The molecule has 0 aliphatic carbocycles. The highest BCUT2D eigenvalue weighted by Crippen LogP contribution is 2.36. The fourth-order valence-electron chi connectivity index (χ4n) is 7.11. The number of nitrogens with zero attached hydrogens (tertiary/aromatic N) is 10. The number of fused-ring (bicyclic) bond motifs is 2. The molecule has 1 aliphatic rings. The summed E-state index contributed by atoms with van der Waals surface area (Å²) >= 11 is 0. The summed E-state index contributed by atoms with van der Waals surface area (Å²) < 4.78 is 88.7. The zero-order valence-electron chi connectivity index (χ0n) is 31.2. The molecule has 5 aromatic heterocycles. The highest BCUT2D eigenvalue weighted by molar-refractivity contribution is 6.02. The Hall–Kier alpha value is -6.78. The van der Waals surface area contributed by atoms with Crippen molar-refractivity contribution in [1.29, 1.82) is 5.26 Å². The Bertz CT molecular complexity index is 2700. The van der Waals surface area contributed by atoms with Crippen LogP contribution in [0.3, 0.4) is 0 Å². The van der Waals surface area contributed by atoms with Crippen LogP contribution in [-0.2, 0) is 44.5 Å². The summed E-state index contributed by atoms with van der Waals surface area (Å²) in [5.41, 5.74) is -1.09. The van der Waals surface area contributed by atoms with Crippen molar-refractivity contribution in [3.63, 3.8) is 0 Å². The van der Waals surface area contributed by atoms with Gasteiger partial charge in [-0.25, -0.2) is 14.1 Å². The van der Waals surface area contributed by atoms with Gasteiger partial charge in [0.25, 0.3) is 5.91 Å². The third-order valence-corrected chi connectivity index (χ3v) is 9.87. The van der Waals surface area contributed by atoms with Gasteiger partial charge in [-0.1, -0.05) is 0 Å². The number of carbonyl (C=O) groups is 2. The van der Waals surface area contributed by atoms with E-state index in [9.17, 15) is 41.6 Å². The minimum atomic E-state index is -4.83. The second-order valence-electron chi connectivity index (χ2n) is 14.5. The van der Waals surface area contributed by atoms with Crippen molar-refractivity contribution in [2.75, 3.05) is 6.54 Å². The number of pyridine rings is 2. The van der Waals surface area contributed by atoms with Gasteiger partial charge in [0.15, 0.2) is 5.69 Å². The Morgan fingerprint density at radius 1 is 1.03 bits per heavy atom. The van der Waals surface area contributed by atoms with Crippen molar-refractivity contribution in [3.8, 4) is 28.6 Å². The molecule has 6 aromatic rings. The van der Waals surface area contributed by atoms with Gasteiger partial charge in [0, 0.05) is 56.6 Å². The summed E-state index contributed by atoms with van der Waals surface area (Å²) in [7, 11) is 3.11. The Kier molecular flexibility index (Phi) is 9.95. The lowest BCUT2D eigenvalue weighted by Gasteiger charge is -2.37. The van der Waals surface area contributed by atoms with Crippen molar-refractivity contribution in [2.24, 2.45) is 14.1 Å². The number of carbonyl (C=O) groups excluding carboxylic acids is 2. The Morgan fingerprint density at radius 2 is 1.79 bits per heavy atom. The van der Waals surface area contributed by atoms with Crippen LogP contribution in [0, 0.1) is 17.1 Å². The molecule has 58 heavy (non-hydrogen) atoms. The molecular weight excluding hydrogens is 772 g/mol. The zero-order chi connectivity index (χ0) is 41.8. The summed E-state index contributed by atoms with van der Waals surface area (Å²) in [5.74, 6) is -2.64. The van der Waals surface area contributed by atoms with Crippen LogP contribution >= 0.6 is 0 Å². The first-order valence-electron chi connectivity index (χ1n) is 17.7. The van der Waals surface area contributed by atoms with Crippen LogP contribution in [0.5, 0.6) is 0 Å². The molecule has 1 N–H and O–H groups in total. The van der Waals surface area contributed by atoms with Crippen molar-refractivity contribution in [3.05, 3.63) is 105 Å². The molecule has 0 fully saturated rings. The zero-order valence-corrected chi connectivity index (χ0v) is 31.2. The molecule has 14 nitrogen and oxygen atoms in total. The summed E-state index contributed by atoms with van der Waals surface area (Å²) in [4.78, 5) is 46.5. The average Bonchev–Trinajstić information content (AvgIpc) is 3.90. The second kappa shape index (κ2) is 14.6. The molecule has 0 unspecified atom stereocenters.